The van der Waals surface area contributed by atoms with Crippen molar-refractivity contribution in [2.24, 2.45) is 0 Å². The Labute approximate surface area is 123 Å². The minimum absolute atomic E-state index is 0.175. The van der Waals surface area contributed by atoms with E-state index in [1.165, 1.54) is 0 Å². The van der Waals surface area contributed by atoms with Crippen molar-refractivity contribution in [1.29, 1.82) is 0 Å². The molecule has 1 heterocycles. The van der Waals surface area contributed by atoms with Crippen molar-refractivity contribution >= 4 is 11.0 Å². The summed E-state index contributed by atoms with van der Waals surface area (Å²) in [6, 6.07) is 16.0. The third-order valence-electron chi connectivity index (χ3n) is 3.54. The van der Waals surface area contributed by atoms with Gasteiger partial charge in [0, 0.05) is 18.7 Å². The molecule has 3 aromatic rings. The number of imidazole rings is 1. The van der Waals surface area contributed by atoms with E-state index in [0.717, 1.165) is 34.7 Å². The molecule has 0 saturated heterocycles. The van der Waals surface area contributed by atoms with Crippen LogP contribution in [0.2, 0.25) is 0 Å². The molecule has 0 spiro atoms. The number of aliphatic hydroxyl groups is 1. The first-order valence-electron chi connectivity index (χ1n) is 7.04. The summed E-state index contributed by atoms with van der Waals surface area (Å²) >= 11 is 0. The molecule has 0 atom stereocenters. The quantitative estimate of drug-likeness (QED) is 0.782. The van der Waals surface area contributed by atoms with E-state index in [-0.39, 0.29) is 6.61 Å². The first kappa shape index (κ1) is 13.6. The summed E-state index contributed by atoms with van der Waals surface area (Å²) in [5.41, 5.74) is 3.11. The lowest BCUT2D eigenvalue weighted by Crippen LogP contribution is -2.02. The lowest BCUT2D eigenvalue weighted by atomic mass is 10.2. The fourth-order valence-corrected chi connectivity index (χ4v) is 2.49. The highest BCUT2D eigenvalue weighted by Crippen LogP contribution is 2.26. The van der Waals surface area contributed by atoms with Crippen LogP contribution in [0, 0.1) is 0 Å². The Balaban J connectivity index is 2.10. The van der Waals surface area contributed by atoms with Crippen molar-refractivity contribution in [2.45, 2.75) is 13.0 Å². The second-order valence-electron chi connectivity index (χ2n) is 4.88. The van der Waals surface area contributed by atoms with E-state index < -0.39 is 0 Å². The van der Waals surface area contributed by atoms with Crippen LogP contribution in [0.5, 0.6) is 5.75 Å². The van der Waals surface area contributed by atoms with E-state index in [1.807, 2.05) is 42.5 Å². The first-order chi connectivity index (χ1) is 10.3. The Morgan fingerprint density at radius 2 is 1.86 bits per heavy atom. The Hall–Kier alpha value is -2.33. The van der Waals surface area contributed by atoms with Gasteiger partial charge in [0.15, 0.2) is 0 Å². The molecule has 21 heavy (non-hydrogen) atoms. The van der Waals surface area contributed by atoms with Gasteiger partial charge in [-0.2, -0.15) is 0 Å². The van der Waals surface area contributed by atoms with E-state index in [1.54, 1.807) is 7.11 Å². The van der Waals surface area contributed by atoms with Crippen molar-refractivity contribution < 1.29 is 9.84 Å². The number of hydrogen-bond acceptors (Lipinski definition) is 3. The molecule has 0 saturated carbocycles. The topological polar surface area (TPSA) is 47.3 Å². The summed E-state index contributed by atoms with van der Waals surface area (Å²) < 4.78 is 7.36. The van der Waals surface area contributed by atoms with Crippen molar-refractivity contribution in [2.75, 3.05) is 13.7 Å². The maximum atomic E-state index is 9.12. The highest BCUT2D eigenvalue weighted by atomic mass is 16.5. The summed E-state index contributed by atoms with van der Waals surface area (Å²) in [5, 5.41) is 9.12. The normalized spacial score (nSPS) is 11.0. The zero-order valence-corrected chi connectivity index (χ0v) is 12.0. The van der Waals surface area contributed by atoms with Crippen molar-refractivity contribution in [3.8, 4) is 17.1 Å². The Morgan fingerprint density at radius 3 is 2.57 bits per heavy atom. The molecule has 4 heteroatoms. The number of nitrogens with zero attached hydrogens (tertiary/aromatic N) is 2. The molecule has 0 radical (unpaired) electrons. The predicted octanol–water partition coefficient (Wildman–Crippen LogP) is 3.09. The molecule has 0 unspecified atom stereocenters. The number of benzene rings is 2. The van der Waals surface area contributed by atoms with Crippen LogP contribution in [0.3, 0.4) is 0 Å². The van der Waals surface area contributed by atoms with Gasteiger partial charge in [-0.3, -0.25) is 0 Å². The summed E-state index contributed by atoms with van der Waals surface area (Å²) in [6.45, 7) is 0.924. The third-order valence-corrected chi connectivity index (χ3v) is 3.54. The number of para-hydroxylation sites is 2. The highest BCUT2D eigenvalue weighted by molar-refractivity contribution is 5.80. The van der Waals surface area contributed by atoms with Crippen molar-refractivity contribution in [3.05, 3.63) is 48.5 Å². The van der Waals surface area contributed by atoms with Crippen LogP contribution in [0.4, 0.5) is 0 Å². The van der Waals surface area contributed by atoms with Gasteiger partial charge in [0.2, 0.25) is 0 Å². The first-order valence-corrected chi connectivity index (χ1v) is 7.04. The molecule has 0 fully saturated rings. The zero-order valence-electron chi connectivity index (χ0n) is 12.0. The van der Waals surface area contributed by atoms with Crippen LogP contribution in [0.25, 0.3) is 22.4 Å². The number of ether oxygens (including phenoxy) is 1. The van der Waals surface area contributed by atoms with E-state index in [2.05, 4.69) is 10.6 Å². The molecule has 0 bridgehead atoms. The summed E-state index contributed by atoms with van der Waals surface area (Å²) in [4.78, 5) is 4.73. The number of aryl methyl sites for hydroxylation is 1. The minimum Gasteiger partial charge on any atom is -0.497 e. The van der Waals surface area contributed by atoms with Gasteiger partial charge in [-0.05, 0) is 42.8 Å². The number of aliphatic hydroxyl groups excluding tert-OH is 1. The molecule has 0 aliphatic heterocycles. The van der Waals surface area contributed by atoms with Gasteiger partial charge in [0.1, 0.15) is 11.6 Å². The summed E-state index contributed by atoms with van der Waals surface area (Å²) in [7, 11) is 1.66. The summed E-state index contributed by atoms with van der Waals surface area (Å²) in [5.74, 6) is 1.75. The minimum atomic E-state index is 0.175. The van der Waals surface area contributed by atoms with Gasteiger partial charge in [-0.1, -0.05) is 12.1 Å². The SMILES string of the molecule is COc1ccc(-c2nc3ccccc3n2CCCO)cc1. The molecule has 2 aromatic carbocycles. The van der Waals surface area contributed by atoms with Crippen molar-refractivity contribution in [1.82, 2.24) is 9.55 Å². The zero-order chi connectivity index (χ0) is 14.7. The largest absolute Gasteiger partial charge is 0.497 e. The van der Waals surface area contributed by atoms with Gasteiger partial charge in [0.25, 0.3) is 0 Å². The Kier molecular flexibility index (Phi) is 3.88. The number of rotatable bonds is 5. The molecule has 1 aromatic heterocycles. The van der Waals surface area contributed by atoms with Gasteiger partial charge in [0.05, 0.1) is 18.1 Å². The monoisotopic (exact) mass is 282 g/mol. The van der Waals surface area contributed by atoms with Crippen LogP contribution >= 0.6 is 0 Å². The average Bonchev–Trinajstić information content (AvgIpc) is 2.91. The van der Waals surface area contributed by atoms with E-state index >= 15 is 0 Å². The van der Waals surface area contributed by atoms with E-state index in [9.17, 15) is 0 Å². The van der Waals surface area contributed by atoms with Crippen LogP contribution < -0.4 is 4.74 Å². The molecule has 1 N–H and O–H groups in total. The van der Waals surface area contributed by atoms with Crippen LogP contribution in [0.1, 0.15) is 6.42 Å². The van der Waals surface area contributed by atoms with Gasteiger partial charge in [-0.25, -0.2) is 4.98 Å². The fourth-order valence-electron chi connectivity index (χ4n) is 2.49. The van der Waals surface area contributed by atoms with Crippen LogP contribution in [-0.4, -0.2) is 28.4 Å². The van der Waals surface area contributed by atoms with Gasteiger partial charge >= 0.3 is 0 Å². The Morgan fingerprint density at radius 1 is 1.10 bits per heavy atom. The lowest BCUT2D eigenvalue weighted by Gasteiger charge is -2.09. The Bertz CT molecular complexity index is 732. The standard InChI is InChI=1S/C17H18N2O2/c1-21-14-9-7-13(8-10-14)17-18-15-5-2-3-6-16(15)19(17)11-4-12-20/h2-3,5-10,20H,4,11-12H2,1H3. The molecule has 108 valence electrons. The summed E-state index contributed by atoms with van der Waals surface area (Å²) in [6.07, 6.45) is 0.712. The van der Waals surface area contributed by atoms with Crippen LogP contribution in [0.15, 0.2) is 48.5 Å². The van der Waals surface area contributed by atoms with E-state index in [0.29, 0.717) is 6.42 Å². The molecule has 3 rings (SSSR count). The lowest BCUT2D eigenvalue weighted by molar-refractivity contribution is 0.281. The van der Waals surface area contributed by atoms with Crippen molar-refractivity contribution in [3.63, 3.8) is 0 Å². The van der Waals surface area contributed by atoms with E-state index in [4.69, 9.17) is 14.8 Å². The molecular formula is C17H18N2O2. The second-order valence-corrected chi connectivity index (χ2v) is 4.88. The molecule has 0 aliphatic rings. The number of hydrogen-bond donors (Lipinski definition) is 1. The fraction of sp³-hybridized carbons (Fsp3) is 0.235. The number of methoxy groups -OCH3 is 1. The smallest absolute Gasteiger partial charge is 0.141 e. The average molecular weight is 282 g/mol. The maximum Gasteiger partial charge on any atom is 0.141 e. The molecular weight excluding hydrogens is 264 g/mol. The number of aromatic nitrogens is 2. The maximum absolute atomic E-state index is 9.12. The second kappa shape index (κ2) is 5.97. The molecule has 0 amide bonds. The van der Waals surface area contributed by atoms with Crippen LogP contribution in [-0.2, 0) is 6.54 Å². The highest BCUT2D eigenvalue weighted by Gasteiger charge is 2.11. The number of fused-ring (bicyclic) bond motifs is 1. The van der Waals surface area contributed by atoms with Gasteiger partial charge < -0.3 is 14.4 Å². The predicted molar refractivity (Wildman–Crippen MR) is 83.4 cm³/mol. The molecule has 4 nitrogen and oxygen atoms in total. The molecule has 0 aliphatic carbocycles. The third kappa shape index (κ3) is 2.62. The van der Waals surface area contributed by atoms with Gasteiger partial charge in [-0.15, -0.1) is 0 Å².